The van der Waals surface area contributed by atoms with Crippen LogP contribution in [0.25, 0.3) is 0 Å². The molecule has 2 aromatic carbocycles. The first-order valence-corrected chi connectivity index (χ1v) is 12.9. The first-order chi connectivity index (χ1) is 16.2. The Balaban J connectivity index is 1.37. The summed E-state index contributed by atoms with van der Waals surface area (Å²) >= 11 is 8.21. The van der Waals surface area contributed by atoms with Crippen LogP contribution in [0, 0.1) is 0 Å². The first kappa shape index (κ1) is 24.6. The fraction of sp³-hybridized carbons (Fsp3) is 0.423. The van der Waals surface area contributed by atoms with E-state index in [1.54, 1.807) is 40.9 Å². The molecule has 3 amide bonds. The molecule has 0 bridgehead atoms. The average molecular weight is 501 g/mol. The van der Waals surface area contributed by atoms with Gasteiger partial charge in [-0.25, -0.2) is 4.79 Å². The number of benzene rings is 2. The zero-order valence-electron chi connectivity index (χ0n) is 19.7. The molecule has 4 rings (SSSR count). The highest BCUT2D eigenvalue weighted by Crippen LogP contribution is 2.35. The maximum absolute atomic E-state index is 12.6. The predicted octanol–water partition coefficient (Wildman–Crippen LogP) is 5.45. The van der Waals surface area contributed by atoms with Crippen molar-refractivity contribution in [1.29, 1.82) is 0 Å². The zero-order valence-corrected chi connectivity index (χ0v) is 21.3. The number of fused-ring (bicyclic) bond motifs is 2. The molecule has 2 heterocycles. The van der Waals surface area contributed by atoms with E-state index in [2.05, 4.69) is 0 Å². The Bertz CT molecular complexity index is 1090. The third kappa shape index (κ3) is 5.26. The van der Waals surface area contributed by atoms with E-state index in [4.69, 9.17) is 16.3 Å². The molecule has 0 radical (unpaired) electrons. The SMILES string of the molecule is CC(C)(C)OC(=O)N1CCc2ccc(Cl)c(SCCCN3C(=O)c4ccccc4C3=O)c2CC1. The van der Waals surface area contributed by atoms with Gasteiger partial charge in [-0.2, -0.15) is 0 Å². The standard InChI is InChI=1S/C26H29ClN2O4S/c1-26(2,3)33-25(32)28-14-11-17-9-10-21(27)22(18(17)12-15-28)34-16-6-13-29-23(30)19-7-4-5-8-20(19)24(29)31/h4-5,7-10H,6,11-16H2,1-3H3. The maximum Gasteiger partial charge on any atom is 0.410 e. The van der Waals surface area contributed by atoms with Crippen molar-refractivity contribution in [2.24, 2.45) is 0 Å². The quantitative estimate of drug-likeness (QED) is 0.310. The van der Waals surface area contributed by atoms with Crippen molar-refractivity contribution in [2.75, 3.05) is 25.4 Å². The summed E-state index contributed by atoms with van der Waals surface area (Å²) in [6.07, 6.45) is 1.83. The molecule has 0 aromatic heterocycles. The summed E-state index contributed by atoms with van der Waals surface area (Å²) in [7, 11) is 0. The molecule has 0 N–H and O–H groups in total. The van der Waals surface area contributed by atoms with E-state index in [9.17, 15) is 14.4 Å². The Morgan fingerprint density at radius 1 is 1.03 bits per heavy atom. The van der Waals surface area contributed by atoms with Gasteiger partial charge in [0.25, 0.3) is 11.8 Å². The average Bonchev–Trinajstić information content (AvgIpc) is 2.93. The van der Waals surface area contributed by atoms with Crippen molar-refractivity contribution in [2.45, 2.75) is 50.5 Å². The highest BCUT2D eigenvalue weighted by molar-refractivity contribution is 7.99. The molecule has 6 nitrogen and oxygen atoms in total. The molecule has 2 aromatic rings. The number of hydrogen-bond acceptors (Lipinski definition) is 5. The van der Waals surface area contributed by atoms with Crippen molar-refractivity contribution >= 4 is 41.3 Å². The fourth-order valence-corrected chi connectivity index (χ4v) is 5.70. The number of amides is 3. The van der Waals surface area contributed by atoms with E-state index in [1.807, 2.05) is 32.9 Å². The van der Waals surface area contributed by atoms with Crippen LogP contribution in [0.15, 0.2) is 41.3 Å². The van der Waals surface area contributed by atoms with Gasteiger partial charge in [0.15, 0.2) is 0 Å². The Kier molecular flexibility index (Phi) is 7.24. The largest absolute Gasteiger partial charge is 0.444 e. The van der Waals surface area contributed by atoms with Crippen LogP contribution in [0.1, 0.15) is 59.0 Å². The Hall–Kier alpha value is -2.51. The van der Waals surface area contributed by atoms with Gasteiger partial charge in [0, 0.05) is 24.5 Å². The van der Waals surface area contributed by atoms with E-state index < -0.39 is 5.60 Å². The number of imide groups is 1. The monoisotopic (exact) mass is 500 g/mol. The van der Waals surface area contributed by atoms with Gasteiger partial charge in [-0.05, 0) is 75.1 Å². The molecule has 8 heteroatoms. The summed E-state index contributed by atoms with van der Waals surface area (Å²) in [5.41, 5.74) is 2.79. The molecule has 0 saturated heterocycles. The fourth-order valence-electron chi connectivity index (χ4n) is 4.27. The number of carbonyl (C=O) groups is 3. The van der Waals surface area contributed by atoms with Crippen LogP contribution in [-0.2, 0) is 17.6 Å². The van der Waals surface area contributed by atoms with Gasteiger partial charge in [-0.15, -0.1) is 11.8 Å². The Labute approximate surface area is 209 Å². The number of nitrogens with zero attached hydrogens (tertiary/aromatic N) is 2. The zero-order chi connectivity index (χ0) is 24.5. The van der Waals surface area contributed by atoms with Crippen LogP contribution in [-0.4, -0.2) is 58.7 Å². The lowest BCUT2D eigenvalue weighted by atomic mass is 10.0. The molecule has 2 aliphatic heterocycles. The maximum atomic E-state index is 12.6. The molecule has 0 saturated carbocycles. The van der Waals surface area contributed by atoms with Crippen molar-refractivity contribution in [3.63, 3.8) is 0 Å². The van der Waals surface area contributed by atoms with Gasteiger partial charge in [0.05, 0.1) is 16.1 Å². The molecular weight excluding hydrogens is 472 g/mol. The van der Waals surface area contributed by atoms with E-state index in [0.717, 1.165) is 17.1 Å². The molecule has 2 aliphatic rings. The number of halogens is 1. The third-order valence-corrected chi connectivity index (χ3v) is 7.57. The van der Waals surface area contributed by atoms with Crippen molar-refractivity contribution in [3.05, 3.63) is 63.7 Å². The minimum Gasteiger partial charge on any atom is -0.444 e. The molecule has 0 atom stereocenters. The number of hydrogen-bond donors (Lipinski definition) is 0. The van der Waals surface area contributed by atoms with Gasteiger partial charge in [0.1, 0.15) is 5.60 Å². The van der Waals surface area contributed by atoms with Crippen molar-refractivity contribution < 1.29 is 19.1 Å². The van der Waals surface area contributed by atoms with Crippen LogP contribution in [0.2, 0.25) is 5.02 Å². The Morgan fingerprint density at radius 2 is 1.68 bits per heavy atom. The first-order valence-electron chi connectivity index (χ1n) is 11.5. The van der Waals surface area contributed by atoms with Crippen molar-refractivity contribution in [3.8, 4) is 0 Å². The van der Waals surface area contributed by atoms with E-state index in [-0.39, 0.29) is 17.9 Å². The van der Waals surface area contributed by atoms with Gasteiger partial charge in [-0.3, -0.25) is 14.5 Å². The van der Waals surface area contributed by atoms with Gasteiger partial charge >= 0.3 is 6.09 Å². The smallest absolute Gasteiger partial charge is 0.410 e. The molecule has 0 spiro atoms. The summed E-state index contributed by atoms with van der Waals surface area (Å²) in [6, 6.07) is 10.9. The molecule has 0 aliphatic carbocycles. The minimum atomic E-state index is -0.528. The van der Waals surface area contributed by atoms with Crippen LogP contribution < -0.4 is 0 Å². The lowest BCUT2D eigenvalue weighted by Gasteiger charge is -2.26. The summed E-state index contributed by atoms with van der Waals surface area (Å²) in [5.74, 6) is 0.276. The van der Waals surface area contributed by atoms with Crippen LogP contribution in [0.5, 0.6) is 0 Å². The Morgan fingerprint density at radius 3 is 2.32 bits per heavy atom. The lowest BCUT2D eigenvalue weighted by molar-refractivity contribution is 0.0258. The molecule has 180 valence electrons. The van der Waals surface area contributed by atoms with Gasteiger partial charge in [-0.1, -0.05) is 29.8 Å². The molecule has 0 unspecified atom stereocenters. The second-order valence-corrected chi connectivity index (χ2v) is 11.0. The minimum absolute atomic E-state index is 0.223. The number of rotatable bonds is 5. The summed E-state index contributed by atoms with van der Waals surface area (Å²) in [4.78, 5) is 41.8. The summed E-state index contributed by atoms with van der Waals surface area (Å²) < 4.78 is 5.55. The third-order valence-electron chi connectivity index (χ3n) is 5.89. The highest BCUT2D eigenvalue weighted by Gasteiger charge is 2.34. The summed E-state index contributed by atoms with van der Waals surface area (Å²) in [6.45, 7) is 7.16. The molecule has 0 fully saturated rings. The number of carbonyl (C=O) groups excluding carboxylic acids is 3. The van der Waals surface area contributed by atoms with Crippen LogP contribution in [0.4, 0.5) is 4.79 Å². The van der Waals surface area contributed by atoms with Crippen molar-refractivity contribution in [1.82, 2.24) is 9.80 Å². The lowest BCUT2D eigenvalue weighted by Crippen LogP contribution is -2.38. The second kappa shape index (κ2) is 10.0. The predicted molar refractivity (Wildman–Crippen MR) is 134 cm³/mol. The van der Waals surface area contributed by atoms with E-state index in [1.165, 1.54) is 16.0 Å². The highest BCUT2D eigenvalue weighted by atomic mass is 35.5. The molecular formula is C26H29ClN2O4S. The summed E-state index contributed by atoms with van der Waals surface area (Å²) in [5, 5.41) is 0.690. The van der Waals surface area contributed by atoms with Gasteiger partial charge in [0.2, 0.25) is 0 Å². The number of ether oxygens (including phenoxy) is 1. The normalized spacial score (nSPS) is 15.8. The van der Waals surface area contributed by atoms with Crippen LogP contribution in [0.3, 0.4) is 0 Å². The topological polar surface area (TPSA) is 66.9 Å². The van der Waals surface area contributed by atoms with E-state index in [0.29, 0.717) is 48.6 Å². The van der Waals surface area contributed by atoms with E-state index >= 15 is 0 Å². The number of thioether (sulfide) groups is 1. The van der Waals surface area contributed by atoms with Gasteiger partial charge < -0.3 is 9.64 Å². The molecule has 34 heavy (non-hydrogen) atoms. The second-order valence-electron chi connectivity index (χ2n) is 9.49. The van der Waals surface area contributed by atoms with Crippen LogP contribution >= 0.6 is 23.4 Å².